The minimum Gasteiger partial charge on any atom is -0.396 e. The summed E-state index contributed by atoms with van der Waals surface area (Å²) in [4.78, 5) is 3.37. The molecule has 0 bridgehead atoms. The lowest BCUT2D eigenvalue weighted by Crippen LogP contribution is -2.27. The fourth-order valence-corrected chi connectivity index (χ4v) is 3.11. The van der Waals surface area contributed by atoms with Crippen molar-refractivity contribution in [2.45, 2.75) is 11.3 Å². The highest BCUT2D eigenvalue weighted by molar-refractivity contribution is 7.89. The van der Waals surface area contributed by atoms with E-state index in [1.54, 1.807) is 7.05 Å². The Hall–Kier alpha value is -1.71. The number of nitrogen functional groups attached to an aromatic ring is 1. The molecule has 3 N–H and O–H groups in total. The van der Waals surface area contributed by atoms with Gasteiger partial charge < -0.3 is 5.73 Å². The number of aryl methyl sites for hydroxylation is 1. The molecular weight excluding hydrogens is 321 g/mol. The Morgan fingerprint density at radius 3 is 2.81 bits per heavy atom. The zero-order valence-electron chi connectivity index (χ0n) is 11.0. The van der Waals surface area contributed by atoms with Crippen LogP contribution in [0, 0.1) is 5.82 Å². The van der Waals surface area contributed by atoms with Gasteiger partial charge in [0.25, 0.3) is 0 Å². The normalized spacial score (nSPS) is 11.8. The number of hydrogen-bond donors (Lipinski definition) is 2. The molecule has 114 valence electrons. The van der Waals surface area contributed by atoms with E-state index in [0.717, 1.165) is 12.1 Å². The molecule has 21 heavy (non-hydrogen) atoms. The van der Waals surface area contributed by atoms with Gasteiger partial charge in [-0.05, 0) is 12.1 Å². The molecule has 0 aliphatic carbocycles. The number of nitrogens with one attached hydrogen (secondary N) is 1. The molecule has 0 fully saturated rings. The van der Waals surface area contributed by atoms with Crippen LogP contribution in [0.5, 0.6) is 0 Å². The molecule has 0 radical (unpaired) electrons. The fraction of sp³-hybridized carbons (Fsp3) is 0.273. The molecule has 0 saturated heterocycles. The van der Waals surface area contributed by atoms with Crippen LogP contribution in [0.1, 0.15) is 5.82 Å². The van der Waals surface area contributed by atoms with Crippen molar-refractivity contribution in [3.63, 3.8) is 0 Å². The van der Waals surface area contributed by atoms with Crippen LogP contribution in [0.4, 0.5) is 10.1 Å². The highest BCUT2D eigenvalue weighted by atomic mass is 35.5. The SMILES string of the molecule is Cn1cnc(CCNS(=O)(=O)c2cc(Cl)cc(N)c2F)n1. The van der Waals surface area contributed by atoms with Gasteiger partial charge in [-0.2, -0.15) is 5.10 Å². The predicted molar refractivity (Wildman–Crippen MR) is 75.7 cm³/mol. The Bertz CT molecular complexity index is 762. The highest BCUT2D eigenvalue weighted by Crippen LogP contribution is 2.24. The van der Waals surface area contributed by atoms with Gasteiger partial charge in [-0.25, -0.2) is 22.5 Å². The second-order valence-corrected chi connectivity index (χ2v) is 6.46. The molecule has 0 aliphatic heterocycles. The molecule has 0 aliphatic rings. The van der Waals surface area contributed by atoms with E-state index in [4.69, 9.17) is 17.3 Å². The van der Waals surface area contributed by atoms with Crippen molar-refractivity contribution in [2.75, 3.05) is 12.3 Å². The van der Waals surface area contributed by atoms with E-state index >= 15 is 0 Å². The summed E-state index contributed by atoms with van der Waals surface area (Å²) in [6, 6.07) is 2.16. The number of nitrogens with zero attached hydrogens (tertiary/aromatic N) is 3. The Balaban J connectivity index is 2.12. The Labute approximate surface area is 126 Å². The first kappa shape index (κ1) is 15.7. The second-order valence-electron chi connectivity index (χ2n) is 4.29. The molecule has 1 aromatic heterocycles. The Kier molecular flexibility index (Phi) is 4.45. The smallest absolute Gasteiger partial charge is 0.243 e. The van der Waals surface area contributed by atoms with Crippen molar-refractivity contribution in [3.05, 3.63) is 35.1 Å². The van der Waals surface area contributed by atoms with Crippen LogP contribution in [0.25, 0.3) is 0 Å². The molecule has 7 nitrogen and oxygen atoms in total. The fourth-order valence-electron chi connectivity index (χ4n) is 1.65. The first-order valence-electron chi connectivity index (χ1n) is 5.88. The molecule has 1 aromatic carbocycles. The van der Waals surface area contributed by atoms with Crippen molar-refractivity contribution in [1.29, 1.82) is 0 Å². The van der Waals surface area contributed by atoms with E-state index in [9.17, 15) is 12.8 Å². The maximum atomic E-state index is 13.8. The van der Waals surface area contributed by atoms with E-state index in [0.29, 0.717) is 5.82 Å². The average molecular weight is 334 g/mol. The van der Waals surface area contributed by atoms with Gasteiger partial charge in [0.15, 0.2) is 11.6 Å². The topological polar surface area (TPSA) is 103 Å². The third kappa shape index (κ3) is 3.69. The van der Waals surface area contributed by atoms with Gasteiger partial charge in [-0.1, -0.05) is 11.6 Å². The van der Waals surface area contributed by atoms with E-state index in [1.807, 2.05) is 0 Å². The maximum absolute atomic E-state index is 13.8. The quantitative estimate of drug-likeness (QED) is 0.784. The largest absolute Gasteiger partial charge is 0.396 e. The number of halogens is 2. The van der Waals surface area contributed by atoms with E-state index in [1.165, 1.54) is 11.0 Å². The molecule has 0 saturated carbocycles. The number of sulfonamides is 1. The van der Waals surface area contributed by atoms with Gasteiger partial charge >= 0.3 is 0 Å². The van der Waals surface area contributed by atoms with Crippen LogP contribution in [0.3, 0.4) is 0 Å². The van der Waals surface area contributed by atoms with Gasteiger partial charge in [0.1, 0.15) is 11.2 Å². The van der Waals surface area contributed by atoms with Crippen LogP contribution in [0.2, 0.25) is 5.02 Å². The minimum absolute atomic E-state index is 0.0260. The summed E-state index contributed by atoms with van der Waals surface area (Å²) in [5, 5.41) is 4.05. The van der Waals surface area contributed by atoms with Crippen LogP contribution in [-0.2, 0) is 23.5 Å². The summed E-state index contributed by atoms with van der Waals surface area (Å²) < 4.78 is 41.6. The molecular formula is C11H13ClFN5O2S. The molecule has 0 unspecified atom stereocenters. The van der Waals surface area contributed by atoms with Gasteiger partial charge in [0.05, 0.1) is 5.69 Å². The second kappa shape index (κ2) is 5.96. The lowest BCUT2D eigenvalue weighted by Gasteiger charge is -2.09. The summed E-state index contributed by atoms with van der Waals surface area (Å²) >= 11 is 5.70. The summed E-state index contributed by atoms with van der Waals surface area (Å²) in [5.74, 6) is -0.547. The standard InChI is InChI=1S/C11H13ClFN5O2S/c1-18-6-15-10(17-18)2-3-16-21(19,20)9-5-7(12)4-8(14)11(9)13/h4-6,16H,2-3,14H2,1H3. The van der Waals surface area contributed by atoms with Crippen molar-refractivity contribution in [1.82, 2.24) is 19.5 Å². The third-order valence-electron chi connectivity index (χ3n) is 2.61. The first-order valence-corrected chi connectivity index (χ1v) is 7.74. The number of aromatic nitrogens is 3. The van der Waals surface area contributed by atoms with Gasteiger partial charge in [-0.15, -0.1) is 0 Å². The molecule has 0 spiro atoms. The van der Waals surface area contributed by atoms with Crippen molar-refractivity contribution < 1.29 is 12.8 Å². The number of nitrogens with two attached hydrogens (primary N) is 1. The first-order chi connectivity index (χ1) is 9.79. The minimum atomic E-state index is -4.05. The molecule has 0 atom stereocenters. The Morgan fingerprint density at radius 1 is 1.48 bits per heavy atom. The van der Waals surface area contributed by atoms with Crippen molar-refractivity contribution in [3.8, 4) is 0 Å². The zero-order chi connectivity index (χ0) is 15.6. The number of hydrogen-bond acceptors (Lipinski definition) is 5. The van der Waals surface area contributed by atoms with Crippen LogP contribution < -0.4 is 10.5 Å². The van der Waals surface area contributed by atoms with Gasteiger partial charge in [0.2, 0.25) is 10.0 Å². The van der Waals surface area contributed by atoms with Crippen molar-refractivity contribution >= 4 is 27.3 Å². The Morgan fingerprint density at radius 2 is 2.19 bits per heavy atom. The van der Waals surface area contributed by atoms with Crippen LogP contribution in [0.15, 0.2) is 23.4 Å². The number of rotatable bonds is 5. The monoisotopic (exact) mass is 333 g/mol. The van der Waals surface area contributed by atoms with Gasteiger partial charge in [0, 0.05) is 25.0 Å². The number of anilines is 1. The van der Waals surface area contributed by atoms with Crippen molar-refractivity contribution in [2.24, 2.45) is 7.05 Å². The number of benzene rings is 1. The molecule has 2 aromatic rings. The summed E-state index contributed by atoms with van der Waals surface area (Å²) in [7, 11) is -2.35. The summed E-state index contributed by atoms with van der Waals surface area (Å²) in [6.07, 6.45) is 1.78. The summed E-state index contributed by atoms with van der Waals surface area (Å²) in [5.41, 5.74) is 5.04. The van der Waals surface area contributed by atoms with Gasteiger partial charge in [-0.3, -0.25) is 4.68 Å². The lowest BCUT2D eigenvalue weighted by molar-refractivity contribution is 0.558. The molecule has 1 heterocycles. The summed E-state index contributed by atoms with van der Waals surface area (Å²) in [6.45, 7) is 0.0260. The van der Waals surface area contributed by atoms with E-state index < -0.39 is 20.7 Å². The molecule has 0 amide bonds. The lowest BCUT2D eigenvalue weighted by atomic mass is 10.3. The third-order valence-corrected chi connectivity index (χ3v) is 4.29. The van der Waals surface area contributed by atoms with E-state index in [-0.39, 0.29) is 23.7 Å². The van der Waals surface area contributed by atoms with Crippen LogP contribution >= 0.6 is 11.6 Å². The average Bonchev–Trinajstić information content (AvgIpc) is 2.79. The maximum Gasteiger partial charge on any atom is 0.243 e. The van der Waals surface area contributed by atoms with E-state index in [2.05, 4.69) is 14.8 Å². The molecule has 10 heteroatoms. The van der Waals surface area contributed by atoms with Crippen LogP contribution in [-0.4, -0.2) is 29.7 Å². The molecule has 2 rings (SSSR count). The highest BCUT2D eigenvalue weighted by Gasteiger charge is 2.21. The zero-order valence-corrected chi connectivity index (χ0v) is 12.6. The predicted octanol–water partition coefficient (Wildman–Crippen LogP) is 0.711.